The van der Waals surface area contributed by atoms with Crippen LogP contribution in [0.25, 0.3) is 44.3 Å². The van der Waals surface area contributed by atoms with Crippen LogP contribution in [-0.4, -0.2) is 40.2 Å². The number of aryl methyl sites for hydroxylation is 1. The first-order valence-electron chi connectivity index (χ1n) is 13.5. The number of carbonyl (C=O) groups excluding carboxylic acids is 1. The first kappa shape index (κ1) is 24.4. The molecule has 3 N–H and O–H groups in total. The van der Waals surface area contributed by atoms with Crippen molar-refractivity contribution in [2.75, 3.05) is 5.73 Å². The number of nitrogens with one attached hydrogen (secondary N) is 1. The highest BCUT2D eigenvalue weighted by Crippen LogP contribution is 2.36. The molecular formula is C31H23N9OS. The van der Waals surface area contributed by atoms with Crippen LogP contribution in [0.1, 0.15) is 33.9 Å². The van der Waals surface area contributed by atoms with Crippen molar-refractivity contribution in [3.63, 3.8) is 0 Å². The summed E-state index contributed by atoms with van der Waals surface area (Å²) in [5.74, 6) is 1.63. The zero-order valence-electron chi connectivity index (χ0n) is 22.2. The molecule has 0 bridgehead atoms. The van der Waals surface area contributed by atoms with Gasteiger partial charge in [-0.15, -0.1) is 11.3 Å². The third-order valence-corrected chi connectivity index (χ3v) is 8.51. The van der Waals surface area contributed by atoms with Gasteiger partial charge in [0.2, 0.25) is 0 Å². The second kappa shape index (κ2) is 9.60. The maximum atomic E-state index is 13.3. The normalized spacial score (nSPS) is 14.4. The molecular weight excluding hydrogens is 546 g/mol. The number of nitrogens with two attached hydrogens (primary N) is 1. The summed E-state index contributed by atoms with van der Waals surface area (Å²) >= 11 is 1.53. The van der Waals surface area contributed by atoms with E-state index in [1.54, 1.807) is 29.3 Å². The van der Waals surface area contributed by atoms with E-state index in [2.05, 4.69) is 32.5 Å². The molecule has 0 saturated carbocycles. The van der Waals surface area contributed by atoms with E-state index in [1.807, 2.05) is 58.6 Å². The lowest BCUT2D eigenvalue weighted by Crippen LogP contribution is -2.27. The number of nitrogen functional groups attached to an aromatic ring is 1. The van der Waals surface area contributed by atoms with E-state index < -0.39 is 0 Å². The first-order valence-corrected chi connectivity index (χ1v) is 14.4. The molecule has 42 heavy (non-hydrogen) atoms. The summed E-state index contributed by atoms with van der Waals surface area (Å²) in [4.78, 5) is 32.7. The smallest absolute Gasteiger partial charge is 0.252 e. The van der Waals surface area contributed by atoms with Crippen LogP contribution in [0.2, 0.25) is 0 Å². The van der Waals surface area contributed by atoms with Gasteiger partial charge in [-0.05, 0) is 83.9 Å². The Bertz CT molecular complexity index is 2130. The quantitative estimate of drug-likeness (QED) is 0.289. The summed E-state index contributed by atoms with van der Waals surface area (Å²) in [6, 6.07) is 19.4. The molecule has 10 nitrogen and oxygen atoms in total. The van der Waals surface area contributed by atoms with Crippen LogP contribution in [0, 0.1) is 0 Å². The molecule has 1 aromatic carbocycles. The van der Waals surface area contributed by atoms with Crippen molar-refractivity contribution in [2.24, 2.45) is 0 Å². The van der Waals surface area contributed by atoms with Gasteiger partial charge >= 0.3 is 0 Å². The largest absolute Gasteiger partial charge is 0.383 e. The lowest BCUT2D eigenvalue weighted by atomic mass is 10.1. The third kappa shape index (κ3) is 3.93. The molecule has 0 radical (unpaired) electrons. The SMILES string of the molecule is Nc1ncccc1-c1nc2ccc(-n3cccn3)nc2n1-c1ccc2c(c1)CC[C@@H]2NC(=O)c1ccnc2sccc12. The molecule has 8 rings (SSSR count). The fraction of sp³-hybridized carbons (Fsp3) is 0.0968. The van der Waals surface area contributed by atoms with Crippen LogP contribution in [0.15, 0.2) is 90.8 Å². The number of rotatable bonds is 5. The van der Waals surface area contributed by atoms with E-state index in [0.717, 1.165) is 45.4 Å². The molecule has 1 amide bonds. The lowest BCUT2D eigenvalue weighted by Gasteiger charge is -2.16. The summed E-state index contributed by atoms with van der Waals surface area (Å²) in [5.41, 5.74) is 12.3. The Balaban J connectivity index is 1.20. The van der Waals surface area contributed by atoms with Crippen LogP contribution in [0.5, 0.6) is 0 Å². The van der Waals surface area contributed by atoms with Gasteiger partial charge in [0.25, 0.3) is 5.91 Å². The molecule has 1 aliphatic rings. The van der Waals surface area contributed by atoms with Crippen molar-refractivity contribution in [1.29, 1.82) is 0 Å². The first-order chi connectivity index (χ1) is 20.6. The Hall–Kier alpha value is -5.42. The van der Waals surface area contributed by atoms with E-state index >= 15 is 0 Å². The monoisotopic (exact) mass is 569 g/mol. The van der Waals surface area contributed by atoms with Crippen molar-refractivity contribution >= 4 is 44.4 Å². The summed E-state index contributed by atoms with van der Waals surface area (Å²) < 4.78 is 3.74. The average Bonchev–Trinajstić information content (AvgIpc) is 3.83. The predicted molar refractivity (Wildman–Crippen MR) is 162 cm³/mol. The minimum Gasteiger partial charge on any atom is -0.383 e. The standard InChI is InChI=1S/C31H23N9OS/c32-27-23(3-1-12-33-27)28-36-25-8-9-26(39-15-2-13-35-39)38-29(25)40(28)19-5-6-20-18(17-19)4-7-24(20)37-30(41)21-10-14-34-31-22(21)11-16-42-31/h1-3,5-6,8-17,24H,4,7H2,(H2,32,33)(H,37,41)/t24-/m0/s1. The lowest BCUT2D eigenvalue weighted by molar-refractivity contribution is 0.0938. The number of benzene rings is 1. The van der Waals surface area contributed by atoms with E-state index in [4.69, 9.17) is 15.7 Å². The highest BCUT2D eigenvalue weighted by molar-refractivity contribution is 7.16. The van der Waals surface area contributed by atoms with Gasteiger partial charge in [0.05, 0.1) is 17.2 Å². The number of fused-ring (bicyclic) bond motifs is 3. The molecule has 0 saturated heterocycles. The predicted octanol–water partition coefficient (Wildman–Crippen LogP) is 5.28. The minimum atomic E-state index is -0.0898. The third-order valence-electron chi connectivity index (χ3n) is 7.69. The fourth-order valence-electron chi connectivity index (χ4n) is 5.71. The number of amides is 1. The molecule has 0 aliphatic heterocycles. The molecule has 0 fully saturated rings. The number of hydrogen-bond donors (Lipinski definition) is 2. The molecule has 6 aromatic heterocycles. The number of pyridine rings is 3. The Labute approximate surface area is 243 Å². The molecule has 1 aliphatic carbocycles. The van der Waals surface area contributed by atoms with Crippen molar-refractivity contribution in [3.8, 4) is 22.9 Å². The van der Waals surface area contributed by atoms with Gasteiger partial charge in [-0.3, -0.25) is 9.36 Å². The Morgan fingerprint density at radius 3 is 2.83 bits per heavy atom. The fourth-order valence-corrected chi connectivity index (χ4v) is 6.47. The number of hydrogen-bond acceptors (Lipinski definition) is 8. The van der Waals surface area contributed by atoms with E-state index in [0.29, 0.717) is 28.7 Å². The van der Waals surface area contributed by atoms with Crippen LogP contribution in [0.3, 0.4) is 0 Å². The number of imidazole rings is 1. The van der Waals surface area contributed by atoms with Crippen molar-refractivity contribution in [1.82, 2.24) is 39.6 Å². The molecule has 204 valence electrons. The van der Waals surface area contributed by atoms with E-state index in [9.17, 15) is 4.79 Å². The van der Waals surface area contributed by atoms with Gasteiger partial charge in [0.15, 0.2) is 17.3 Å². The zero-order valence-corrected chi connectivity index (χ0v) is 23.0. The van der Waals surface area contributed by atoms with Crippen molar-refractivity contribution in [2.45, 2.75) is 18.9 Å². The second-order valence-corrected chi connectivity index (χ2v) is 11.0. The number of aromatic nitrogens is 7. The van der Waals surface area contributed by atoms with Crippen LogP contribution in [-0.2, 0) is 6.42 Å². The zero-order chi connectivity index (χ0) is 28.2. The molecule has 0 unspecified atom stereocenters. The summed E-state index contributed by atoms with van der Waals surface area (Å²) in [6.45, 7) is 0. The summed E-state index contributed by atoms with van der Waals surface area (Å²) in [5, 5.41) is 10.4. The number of nitrogens with zero attached hydrogens (tertiary/aromatic N) is 7. The maximum absolute atomic E-state index is 13.3. The van der Waals surface area contributed by atoms with Crippen LogP contribution >= 0.6 is 11.3 Å². The molecule has 1 atom stereocenters. The summed E-state index contributed by atoms with van der Waals surface area (Å²) in [6.07, 6.45) is 8.58. The molecule has 6 heterocycles. The van der Waals surface area contributed by atoms with Crippen LogP contribution < -0.4 is 11.1 Å². The van der Waals surface area contributed by atoms with Gasteiger partial charge in [-0.25, -0.2) is 24.6 Å². The second-order valence-electron chi connectivity index (χ2n) is 10.1. The number of carbonyl (C=O) groups is 1. The molecule has 11 heteroatoms. The van der Waals surface area contributed by atoms with Crippen LogP contribution in [0.4, 0.5) is 5.82 Å². The minimum absolute atomic E-state index is 0.0825. The number of thiophene rings is 1. The maximum Gasteiger partial charge on any atom is 0.252 e. The Kier molecular flexibility index (Phi) is 5.57. The average molecular weight is 570 g/mol. The van der Waals surface area contributed by atoms with Gasteiger partial charge in [-0.2, -0.15) is 5.10 Å². The van der Waals surface area contributed by atoms with Crippen molar-refractivity contribution in [3.05, 3.63) is 108 Å². The highest BCUT2D eigenvalue weighted by Gasteiger charge is 2.27. The van der Waals surface area contributed by atoms with Gasteiger partial charge in [-0.1, -0.05) is 6.07 Å². The van der Waals surface area contributed by atoms with Crippen molar-refractivity contribution < 1.29 is 4.79 Å². The van der Waals surface area contributed by atoms with E-state index in [1.165, 1.54) is 16.9 Å². The molecule has 0 spiro atoms. The topological polar surface area (TPSA) is 129 Å². The molecule has 7 aromatic rings. The van der Waals surface area contributed by atoms with Gasteiger partial charge < -0.3 is 11.1 Å². The van der Waals surface area contributed by atoms with Gasteiger partial charge in [0.1, 0.15) is 16.2 Å². The highest BCUT2D eigenvalue weighted by atomic mass is 32.1. The van der Waals surface area contributed by atoms with Gasteiger partial charge in [0, 0.05) is 35.9 Å². The summed E-state index contributed by atoms with van der Waals surface area (Å²) in [7, 11) is 0. The number of anilines is 1. The van der Waals surface area contributed by atoms with E-state index in [-0.39, 0.29) is 11.9 Å². The Morgan fingerprint density at radius 1 is 1.00 bits per heavy atom. The Morgan fingerprint density at radius 2 is 1.95 bits per heavy atom.